The zero-order valence-electron chi connectivity index (χ0n) is 9.53. The van der Waals surface area contributed by atoms with Crippen molar-refractivity contribution in [2.45, 2.75) is 19.3 Å². The Morgan fingerprint density at radius 1 is 1.12 bits per heavy atom. The summed E-state index contributed by atoms with van der Waals surface area (Å²) in [6.45, 7) is 0. The quantitative estimate of drug-likeness (QED) is 0.685. The number of carbonyl (C=O) groups is 1. The second-order valence-corrected chi connectivity index (χ2v) is 3.50. The van der Waals surface area contributed by atoms with Crippen LogP contribution < -0.4 is 0 Å². The van der Waals surface area contributed by atoms with Crippen LogP contribution in [0.2, 0.25) is 0 Å². The standard InChI is InChI=1S/C9H11O2.C5H5.Fe/c10-9(11)7-3-6-8-4-1-2-5-8;1-2-4-5-3-1;/h1-2,4-5H,3,6-7H2,(H,10,11);1-5H;/q2*-1;+2. The van der Waals surface area contributed by atoms with E-state index in [9.17, 15) is 4.79 Å². The summed E-state index contributed by atoms with van der Waals surface area (Å²) in [5.74, 6) is -0.712. The minimum atomic E-state index is -0.712. The first-order valence-electron chi connectivity index (χ1n) is 5.38. The SMILES string of the molecule is O=C(O)CCC[c-]1cccc1.[Fe+2].c1cc[cH-]c1. The van der Waals surface area contributed by atoms with Gasteiger partial charge in [-0.1, -0.05) is 6.42 Å². The van der Waals surface area contributed by atoms with Gasteiger partial charge >= 0.3 is 23.0 Å². The monoisotopic (exact) mass is 272 g/mol. The molecule has 0 fully saturated rings. The molecule has 3 heteroatoms. The summed E-state index contributed by atoms with van der Waals surface area (Å²) < 4.78 is 0. The first kappa shape index (κ1) is 15.7. The summed E-state index contributed by atoms with van der Waals surface area (Å²) in [6, 6.07) is 18.0. The smallest absolute Gasteiger partial charge is 0.481 e. The van der Waals surface area contributed by atoms with Crippen molar-refractivity contribution in [1.82, 2.24) is 0 Å². The molecule has 1 N–H and O–H groups in total. The van der Waals surface area contributed by atoms with Crippen molar-refractivity contribution in [3.05, 3.63) is 60.2 Å². The number of aliphatic carboxylic acids is 1. The summed E-state index contributed by atoms with van der Waals surface area (Å²) in [5, 5.41) is 8.34. The van der Waals surface area contributed by atoms with Gasteiger partial charge in [0.2, 0.25) is 0 Å². The van der Waals surface area contributed by atoms with E-state index < -0.39 is 5.97 Å². The Bertz CT molecular complexity index is 346. The third kappa shape index (κ3) is 8.49. The molecule has 0 amide bonds. The molecule has 0 bridgehead atoms. The fraction of sp³-hybridized carbons (Fsp3) is 0.214. The molecule has 92 valence electrons. The molecule has 0 unspecified atom stereocenters. The van der Waals surface area contributed by atoms with E-state index in [0.717, 1.165) is 12.8 Å². The number of carboxylic acids is 1. The molecule has 0 spiro atoms. The maximum absolute atomic E-state index is 10.1. The van der Waals surface area contributed by atoms with Crippen LogP contribution in [0.25, 0.3) is 0 Å². The predicted molar refractivity (Wildman–Crippen MR) is 64.6 cm³/mol. The van der Waals surface area contributed by atoms with Crippen molar-refractivity contribution in [3.8, 4) is 0 Å². The number of carboxylic acid groups (broad SMARTS) is 1. The zero-order valence-corrected chi connectivity index (χ0v) is 10.6. The zero-order chi connectivity index (χ0) is 11.6. The average Bonchev–Trinajstić information content (AvgIpc) is 2.93. The van der Waals surface area contributed by atoms with E-state index in [0.29, 0.717) is 0 Å². The van der Waals surface area contributed by atoms with Gasteiger partial charge in [-0.2, -0.15) is 35.9 Å². The Kier molecular flexibility index (Phi) is 9.12. The second kappa shape index (κ2) is 9.88. The van der Waals surface area contributed by atoms with Crippen LogP contribution in [-0.4, -0.2) is 11.1 Å². The van der Waals surface area contributed by atoms with Gasteiger partial charge in [-0.15, -0.1) is 0 Å². The maximum atomic E-state index is 10.1. The molecule has 0 aliphatic heterocycles. The van der Waals surface area contributed by atoms with E-state index >= 15 is 0 Å². The van der Waals surface area contributed by atoms with Crippen LogP contribution in [0.4, 0.5) is 0 Å². The van der Waals surface area contributed by atoms with Crippen LogP contribution in [-0.2, 0) is 28.3 Å². The van der Waals surface area contributed by atoms with Gasteiger partial charge in [0.05, 0.1) is 0 Å². The van der Waals surface area contributed by atoms with Crippen LogP contribution in [0.5, 0.6) is 0 Å². The first-order chi connectivity index (χ1) is 7.79. The van der Waals surface area contributed by atoms with Gasteiger partial charge in [0, 0.05) is 6.42 Å². The number of aryl methyl sites for hydroxylation is 1. The van der Waals surface area contributed by atoms with Crippen molar-refractivity contribution in [2.24, 2.45) is 0 Å². The van der Waals surface area contributed by atoms with Crippen LogP contribution in [0.1, 0.15) is 18.4 Å². The molecule has 17 heavy (non-hydrogen) atoms. The molecule has 2 rings (SSSR count). The van der Waals surface area contributed by atoms with Gasteiger partial charge in [0.15, 0.2) is 0 Å². The molecule has 0 radical (unpaired) electrons. The van der Waals surface area contributed by atoms with E-state index in [1.807, 2.05) is 54.6 Å². The Labute approximate surface area is 112 Å². The third-order valence-corrected chi connectivity index (χ3v) is 2.14. The molecule has 0 aliphatic rings. The Balaban J connectivity index is 0.000000360. The molecule has 0 heterocycles. The topological polar surface area (TPSA) is 37.3 Å². The third-order valence-electron chi connectivity index (χ3n) is 2.14. The summed E-state index contributed by atoms with van der Waals surface area (Å²) in [7, 11) is 0. The fourth-order valence-corrected chi connectivity index (χ4v) is 1.35. The van der Waals surface area contributed by atoms with E-state index in [1.54, 1.807) is 0 Å². The van der Waals surface area contributed by atoms with Crippen molar-refractivity contribution >= 4 is 5.97 Å². The molecular formula is C14H16FeO2. The van der Waals surface area contributed by atoms with Crippen LogP contribution in [0.15, 0.2) is 54.6 Å². The number of rotatable bonds is 4. The molecule has 2 aromatic rings. The molecule has 0 atom stereocenters. The van der Waals surface area contributed by atoms with E-state index in [4.69, 9.17) is 5.11 Å². The molecule has 0 saturated heterocycles. The number of hydrogen-bond donors (Lipinski definition) is 1. The fourth-order valence-electron chi connectivity index (χ4n) is 1.35. The van der Waals surface area contributed by atoms with Gasteiger partial charge < -0.3 is 5.11 Å². The van der Waals surface area contributed by atoms with E-state index in [2.05, 4.69) is 0 Å². The summed E-state index contributed by atoms with van der Waals surface area (Å²) in [5.41, 5.74) is 1.23. The summed E-state index contributed by atoms with van der Waals surface area (Å²) in [6.07, 6.45) is 1.88. The number of hydrogen-bond acceptors (Lipinski definition) is 1. The minimum Gasteiger partial charge on any atom is -0.481 e. The van der Waals surface area contributed by atoms with Crippen molar-refractivity contribution in [3.63, 3.8) is 0 Å². The maximum Gasteiger partial charge on any atom is 2.00 e. The molecule has 0 aromatic heterocycles. The molecule has 0 aliphatic carbocycles. The Morgan fingerprint density at radius 2 is 1.71 bits per heavy atom. The minimum absolute atomic E-state index is 0. The van der Waals surface area contributed by atoms with Crippen molar-refractivity contribution in [2.75, 3.05) is 0 Å². The first-order valence-corrected chi connectivity index (χ1v) is 5.38. The van der Waals surface area contributed by atoms with Crippen molar-refractivity contribution < 1.29 is 27.0 Å². The molecule has 2 aromatic carbocycles. The van der Waals surface area contributed by atoms with Crippen LogP contribution >= 0.6 is 0 Å². The van der Waals surface area contributed by atoms with Gasteiger partial charge in [-0.3, -0.25) is 4.79 Å². The second-order valence-electron chi connectivity index (χ2n) is 3.50. The van der Waals surface area contributed by atoms with Crippen molar-refractivity contribution in [1.29, 1.82) is 0 Å². The normalized spacial score (nSPS) is 8.71. The van der Waals surface area contributed by atoms with Crippen LogP contribution in [0, 0.1) is 0 Å². The Morgan fingerprint density at radius 3 is 2.12 bits per heavy atom. The molecule has 2 nitrogen and oxygen atoms in total. The van der Waals surface area contributed by atoms with Gasteiger partial charge in [-0.25, -0.2) is 24.3 Å². The largest absolute Gasteiger partial charge is 2.00 e. The summed E-state index contributed by atoms with van der Waals surface area (Å²) >= 11 is 0. The molecule has 0 saturated carbocycles. The molecular weight excluding hydrogens is 256 g/mol. The van der Waals surface area contributed by atoms with Crippen LogP contribution in [0.3, 0.4) is 0 Å². The average molecular weight is 272 g/mol. The van der Waals surface area contributed by atoms with Gasteiger partial charge in [-0.05, 0) is 6.42 Å². The predicted octanol–water partition coefficient (Wildman–Crippen LogP) is 3.22. The van der Waals surface area contributed by atoms with Gasteiger partial charge in [0.1, 0.15) is 0 Å². The Hall–Kier alpha value is -1.31. The van der Waals surface area contributed by atoms with E-state index in [1.165, 1.54) is 5.56 Å². The van der Waals surface area contributed by atoms with Gasteiger partial charge in [0.25, 0.3) is 0 Å². The summed E-state index contributed by atoms with van der Waals surface area (Å²) in [4.78, 5) is 10.1. The van der Waals surface area contributed by atoms with E-state index in [-0.39, 0.29) is 23.5 Å².